The summed E-state index contributed by atoms with van der Waals surface area (Å²) in [5.74, 6) is -0.734. The van der Waals surface area contributed by atoms with E-state index >= 15 is 0 Å². The molecule has 3 aromatic carbocycles. The molecular weight excluding hydrogens is 372 g/mol. The summed E-state index contributed by atoms with van der Waals surface area (Å²) in [6, 6.07) is 23.9. The number of hydrogen-bond donors (Lipinski definition) is 2. The largest absolute Gasteiger partial charge is 0.325 e. The first-order valence-electron chi connectivity index (χ1n) is 8.87. The standard InChI is InChI=1S/C22H22N2O3S/c1-16-13-14-19(15-20(16)28(26,27)23-2)24-22(25)21(17-9-5-3-6-10-17)18-11-7-4-8-12-18/h3-15,21,23H,1-2H3,(H,24,25). The zero-order valence-corrected chi connectivity index (χ0v) is 16.5. The molecule has 28 heavy (non-hydrogen) atoms. The van der Waals surface area contributed by atoms with Crippen molar-refractivity contribution >= 4 is 21.6 Å². The summed E-state index contributed by atoms with van der Waals surface area (Å²) in [5.41, 5.74) is 2.76. The Labute approximate surface area is 165 Å². The van der Waals surface area contributed by atoms with Crippen LogP contribution in [0.4, 0.5) is 5.69 Å². The minimum Gasteiger partial charge on any atom is -0.325 e. The van der Waals surface area contributed by atoms with E-state index in [0.29, 0.717) is 11.3 Å². The van der Waals surface area contributed by atoms with Crippen molar-refractivity contribution in [1.82, 2.24) is 4.72 Å². The summed E-state index contributed by atoms with van der Waals surface area (Å²) >= 11 is 0. The molecular formula is C22H22N2O3S. The molecule has 0 spiro atoms. The maximum Gasteiger partial charge on any atom is 0.240 e. The van der Waals surface area contributed by atoms with Gasteiger partial charge in [-0.2, -0.15) is 0 Å². The van der Waals surface area contributed by atoms with Crippen LogP contribution in [0.5, 0.6) is 0 Å². The van der Waals surface area contributed by atoms with E-state index in [1.165, 1.54) is 13.1 Å². The molecule has 0 aliphatic carbocycles. The molecule has 3 rings (SSSR count). The summed E-state index contributed by atoms with van der Waals surface area (Å²) in [6.07, 6.45) is 0. The molecule has 0 fully saturated rings. The lowest BCUT2D eigenvalue weighted by atomic mass is 9.90. The molecule has 0 aliphatic heterocycles. The summed E-state index contributed by atoms with van der Waals surface area (Å²) in [7, 11) is -2.25. The van der Waals surface area contributed by atoms with E-state index in [0.717, 1.165) is 11.1 Å². The van der Waals surface area contributed by atoms with Crippen LogP contribution < -0.4 is 10.0 Å². The number of aryl methyl sites for hydroxylation is 1. The second-order valence-electron chi connectivity index (χ2n) is 6.43. The first-order chi connectivity index (χ1) is 13.4. The predicted octanol–water partition coefficient (Wildman–Crippen LogP) is 3.67. The second-order valence-corrected chi connectivity index (χ2v) is 8.29. The van der Waals surface area contributed by atoms with E-state index in [4.69, 9.17) is 0 Å². The first kappa shape index (κ1) is 19.8. The summed E-state index contributed by atoms with van der Waals surface area (Å²) in [6.45, 7) is 1.71. The Hall–Kier alpha value is -2.96. The summed E-state index contributed by atoms with van der Waals surface area (Å²) in [4.78, 5) is 13.3. The van der Waals surface area contributed by atoms with E-state index in [1.807, 2.05) is 60.7 Å². The maximum atomic E-state index is 13.2. The lowest BCUT2D eigenvalue weighted by Crippen LogP contribution is -2.23. The third-order valence-electron chi connectivity index (χ3n) is 4.54. The number of carbonyl (C=O) groups excluding carboxylic acids is 1. The minimum absolute atomic E-state index is 0.142. The Morgan fingerprint density at radius 1 is 0.857 bits per heavy atom. The smallest absolute Gasteiger partial charge is 0.240 e. The van der Waals surface area contributed by atoms with Gasteiger partial charge < -0.3 is 5.32 Å². The Bertz CT molecular complexity index is 1030. The van der Waals surface area contributed by atoms with E-state index in [2.05, 4.69) is 10.0 Å². The highest BCUT2D eigenvalue weighted by Crippen LogP contribution is 2.27. The Kier molecular flexibility index (Phi) is 5.92. The van der Waals surface area contributed by atoms with Gasteiger partial charge in [-0.1, -0.05) is 66.7 Å². The molecule has 5 nitrogen and oxygen atoms in total. The van der Waals surface area contributed by atoms with Crippen molar-refractivity contribution in [2.24, 2.45) is 0 Å². The first-order valence-corrected chi connectivity index (χ1v) is 10.4. The molecule has 0 heterocycles. The number of amides is 1. The molecule has 0 aliphatic rings. The molecule has 0 unspecified atom stereocenters. The van der Waals surface area contributed by atoms with E-state index < -0.39 is 15.9 Å². The minimum atomic E-state index is -3.61. The van der Waals surface area contributed by atoms with Crippen LogP contribution in [-0.2, 0) is 14.8 Å². The van der Waals surface area contributed by atoms with Gasteiger partial charge in [-0.25, -0.2) is 13.1 Å². The van der Waals surface area contributed by atoms with Crippen LogP contribution in [0.3, 0.4) is 0 Å². The molecule has 3 aromatic rings. The highest BCUT2D eigenvalue weighted by Gasteiger charge is 2.23. The molecule has 2 N–H and O–H groups in total. The second kappa shape index (κ2) is 8.37. The highest BCUT2D eigenvalue weighted by molar-refractivity contribution is 7.89. The van der Waals surface area contributed by atoms with Gasteiger partial charge in [0.25, 0.3) is 0 Å². The van der Waals surface area contributed by atoms with Crippen molar-refractivity contribution in [2.75, 3.05) is 12.4 Å². The normalized spacial score (nSPS) is 11.4. The van der Waals surface area contributed by atoms with Crippen LogP contribution in [0, 0.1) is 6.92 Å². The van der Waals surface area contributed by atoms with E-state index in [-0.39, 0.29) is 10.8 Å². The van der Waals surface area contributed by atoms with Crippen molar-refractivity contribution in [3.05, 3.63) is 95.6 Å². The van der Waals surface area contributed by atoms with Gasteiger partial charge in [0.05, 0.1) is 10.8 Å². The third-order valence-corrected chi connectivity index (χ3v) is 6.10. The zero-order valence-electron chi connectivity index (χ0n) is 15.7. The van der Waals surface area contributed by atoms with Crippen LogP contribution in [0.1, 0.15) is 22.6 Å². The van der Waals surface area contributed by atoms with Crippen LogP contribution in [0.15, 0.2) is 83.8 Å². The van der Waals surface area contributed by atoms with Crippen LogP contribution in [0.2, 0.25) is 0 Å². The fourth-order valence-electron chi connectivity index (χ4n) is 3.08. The average molecular weight is 394 g/mol. The van der Waals surface area contributed by atoms with Crippen molar-refractivity contribution in [3.63, 3.8) is 0 Å². The lowest BCUT2D eigenvalue weighted by molar-refractivity contribution is -0.116. The highest BCUT2D eigenvalue weighted by atomic mass is 32.2. The third kappa shape index (κ3) is 4.30. The van der Waals surface area contributed by atoms with Crippen molar-refractivity contribution in [3.8, 4) is 0 Å². The van der Waals surface area contributed by atoms with Gasteiger partial charge in [0.2, 0.25) is 15.9 Å². The number of benzene rings is 3. The molecule has 0 saturated carbocycles. The van der Waals surface area contributed by atoms with Gasteiger partial charge in [0, 0.05) is 5.69 Å². The van der Waals surface area contributed by atoms with Crippen LogP contribution in [0.25, 0.3) is 0 Å². The number of sulfonamides is 1. The van der Waals surface area contributed by atoms with Crippen LogP contribution >= 0.6 is 0 Å². The van der Waals surface area contributed by atoms with Crippen molar-refractivity contribution < 1.29 is 13.2 Å². The number of nitrogens with one attached hydrogen (secondary N) is 2. The van der Waals surface area contributed by atoms with Gasteiger partial charge >= 0.3 is 0 Å². The molecule has 0 bridgehead atoms. The molecule has 6 heteroatoms. The van der Waals surface area contributed by atoms with Gasteiger partial charge in [0.1, 0.15) is 0 Å². The van der Waals surface area contributed by atoms with Crippen molar-refractivity contribution in [2.45, 2.75) is 17.7 Å². The van der Waals surface area contributed by atoms with Crippen molar-refractivity contribution in [1.29, 1.82) is 0 Å². The Morgan fingerprint density at radius 2 is 1.39 bits per heavy atom. The zero-order chi connectivity index (χ0) is 20.1. The topological polar surface area (TPSA) is 75.3 Å². The number of anilines is 1. The van der Waals surface area contributed by atoms with Gasteiger partial charge in [-0.15, -0.1) is 0 Å². The average Bonchev–Trinajstić information content (AvgIpc) is 2.71. The van der Waals surface area contributed by atoms with Gasteiger partial charge in [-0.3, -0.25) is 4.79 Å². The SMILES string of the molecule is CNS(=O)(=O)c1cc(NC(=O)C(c2ccccc2)c2ccccc2)ccc1C. The fourth-order valence-corrected chi connectivity index (χ4v) is 4.07. The summed E-state index contributed by atoms with van der Waals surface area (Å²) < 4.78 is 26.7. The van der Waals surface area contributed by atoms with Gasteiger partial charge in [0.15, 0.2) is 0 Å². The Balaban J connectivity index is 1.97. The number of hydrogen-bond acceptors (Lipinski definition) is 3. The summed E-state index contributed by atoms with van der Waals surface area (Å²) in [5, 5.41) is 2.87. The predicted molar refractivity (Wildman–Crippen MR) is 111 cm³/mol. The number of rotatable bonds is 6. The molecule has 1 amide bonds. The maximum absolute atomic E-state index is 13.2. The lowest BCUT2D eigenvalue weighted by Gasteiger charge is -2.18. The Morgan fingerprint density at radius 3 is 1.89 bits per heavy atom. The van der Waals surface area contributed by atoms with E-state index in [1.54, 1.807) is 19.1 Å². The molecule has 144 valence electrons. The van der Waals surface area contributed by atoms with Crippen LogP contribution in [-0.4, -0.2) is 21.4 Å². The fraction of sp³-hybridized carbons (Fsp3) is 0.136. The molecule has 0 saturated heterocycles. The van der Waals surface area contributed by atoms with E-state index in [9.17, 15) is 13.2 Å². The number of carbonyl (C=O) groups is 1. The molecule has 0 aromatic heterocycles. The monoisotopic (exact) mass is 394 g/mol. The molecule has 0 radical (unpaired) electrons. The van der Waals surface area contributed by atoms with Gasteiger partial charge in [-0.05, 0) is 42.8 Å². The quantitative estimate of drug-likeness (QED) is 0.670. The molecule has 0 atom stereocenters.